The third kappa shape index (κ3) is 13.0. The van der Waals surface area contributed by atoms with Gasteiger partial charge in [0.05, 0.1) is 4.75 Å². The molecule has 0 saturated heterocycles. The van der Waals surface area contributed by atoms with Gasteiger partial charge in [-0.15, -0.1) is 0 Å². The first-order chi connectivity index (χ1) is 17.5. The SMILES string of the molecule is CCC(=O)OCOC(=O)SC[C@H](NC(=O)C(C)(C)SC(=O)OCOC(=O)CC)C(=O)Oc1ccccc1. The molecule has 0 fully saturated rings. The summed E-state index contributed by atoms with van der Waals surface area (Å²) < 4.78 is 22.7. The van der Waals surface area contributed by atoms with Crippen molar-refractivity contribution in [2.75, 3.05) is 19.3 Å². The predicted molar refractivity (Wildman–Crippen MR) is 134 cm³/mol. The van der Waals surface area contributed by atoms with Crippen LogP contribution in [0.1, 0.15) is 40.5 Å². The van der Waals surface area contributed by atoms with Crippen molar-refractivity contribution in [3.8, 4) is 5.75 Å². The van der Waals surface area contributed by atoms with Crippen LogP contribution in [-0.2, 0) is 38.1 Å². The van der Waals surface area contributed by atoms with Crippen molar-refractivity contribution in [1.82, 2.24) is 5.32 Å². The molecule has 1 aromatic carbocycles. The molecule has 0 aliphatic rings. The second-order valence-corrected chi connectivity index (χ2v) is 9.96. The fraction of sp³-hybridized carbons (Fsp3) is 0.478. The molecule has 1 aromatic rings. The summed E-state index contributed by atoms with van der Waals surface area (Å²) in [5.41, 5.74) is 0. The van der Waals surface area contributed by atoms with E-state index in [1.807, 2.05) is 0 Å². The third-order valence-electron chi connectivity index (χ3n) is 4.18. The quantitative estimate of drug-likeness (QED) is 0.213. The van der Waals surface area contributed by atoms with Crippen molar-refractivity contribution in [3.63, 3.8) is 0 Å². The maximum absolute atomic E-state index is 12.9. The monoisotopic (exact) mass is 559 g/mol. The highest BCUT2D eigenvalue weighted by Gasteiger charge is 2.36. The van der Waals surface area contributed by atoms with Crippen LogP contribution >= 0.6 is 23.5 Å². The largest absolute Gasteiger partial charge is 0.428 e. The lowest BCUT2D eigenvalue weighted by Crippen LogP contribution is -2.51. The summed E-state index contributed by atoms with van der Waals surface area (Å²) in [6.07, 6.45) is 0.212. The number of hydrogen-bond donors (Lipinski definition) is 1. The summed E-state index contributed by atoms with van der Waals surface area (Å²) in [5.74, 6) is -2.79. The van der Waals surface area contributed by atoms with Crippen LogP contribution in [0.2, 0.25) is 0 Å². The lowest BCUT2D eigenvalue weighted by atomic mass is 10.2. The topological polar surface area (TPSA) is 161 Å². The van der Waals surface area contributed by atoms with Gasteiger partial charge in [0.1, 0.15) is 11.8 Å². The molecule has 0 aliphatic heterocycles. The average Bonchev–Trinajstić information content (AvgIpc) is 2.86. The Bertz CT molecular complexity index is 953. The highest BCUT2D eigenvalue weighted by molar-refractivity contribution is 8.15. The zero-order chi connectivity index (χ0) is 27.8. The van der Waals surface area contributed by atoms with Gasteiger partial charge >= 0.3 is 28.5 Å². The number of carbonyl (C=O) groups excluding carboxylic acids is 6. The van der Waals surface area contributed by atoms with Gasteiger partial charge in [0.25, 0.3) is 0 Å². The van der Waals surface area contributed by atoms with Gasteiger partial charge in [0.15, 0.2) is 0 Å². The van der Waals surface area contributed by atoms with Crippen LogP contribution in [-0.4, -0.2) is 64.5 Å². The number of nitrogens with one attached hydrogen (secondary N) is 1. The molecule has 0 unspecified atom stereocenters. The Labute approximate surface area is 222 Å². The van der Waals surface area contributed by atoms with Crippen LogP contribution in [0.3, 0.4) is 0 Å². The Balaban J connectivity index is 2.78. The molecule has 204 valence electrons. The molecule has 37 heavy (non-hydrogen) atoms. The first kappa shape index (κ1) is 31.8. The summed E-state index contributed by atoms with van der Waals surface area (Å²) >= 11 is 1.05. The minimum Gasteiger partial charge on any atom is -0.428 e. The molecule has 0 bridgehead atoms. The van der Waals surface area contributed by atoms with Gasteiger partial charge in [-0.3, -0.25) is 14.4 Å². The Morgan fingerprint density at radius 3 is 1.92 bits per heavy atom. The Morgan fingerprint density at radius 2 is 1.38 bits per heavy atom. The molecule has 1 rings (SSSR count). The normalized spacial score (nSPS) is 11.5. The highest BCUT2D eigenvalue weighted by atomic mass is 32.2. The number of para-hydroxylation sites is 1. The van der Waals surface area contributed by atoms with Gasteiger partial charge in [-0.1, -0.05) is 32.0 Å². The third-order valence-corrected chi connectivity index (χ3v) is 6.01. The fourth-order valence-electron chi connectivity index (χ4n) is 2.14. The molecule has 0 radical (unpaired) electrons. The van der Waals surface area contributed by atoms with E-state index in [2.05, 4.69) is 14.8 Å². The maximum atomic E-state index is 12.9. The number of thioether (sulfide) groups is 2. The summed E-state index contributed by atoms with van der Waals surface area (Å²) in [6, 6.07) is 6.75. The van der Waals surface area contributed by atoms with E-state index in [1.165, 1.54) is 26.0 Å². The van der Waals surface area contributed by atoms with Crippen LogP contribution in [0, 0.1) is 0 Å². The van der Waals surface area contributed by atoms with Gasteiger partial charge in [0.2, 0.25) is 19.5 Å². The molecule has 0 heterocycles. The van der Waals surface area contributed by atoms with E-state index in [4.69, 9.17) is 14.2 Å². The van der Waals surface area contributed by atoms with E-state index in [0.717, 1.165) is 0 Å². The second-order valence-electron chi connectivity index (χ2n) is 7.45. The molecule has 1 atom stereocenters. The Hall–Kier alpha value is -3.26. The molecule has 1 N–H and O–H groups in total. The van der Waals surface area contributed by atoms with E-state index in [9.17, 15) is 28.8 Å². The molecule has 0 saturated carbocycles. The maximum Gasteiger partial charge on any atom is 0.371 e. The van der Waals surface area contributed by atoms with Gasteiger partial charge in [0, 0.05) is 18.6 Å². The number of hydrogen-bond acceptors (Lipinski definition) is 13. The number of carbonyl (C=O) groups is 6. The number of esters is 3. The number of amides is 1. The molecule has 1 amide bonds. The second kappa shape index (κ2) is 16.5. The van der Waals surface area contributed by atoms with Crippen molar-refractivity contribution in [1.29, 1.82) is 0 Å². The van der Waals surface area contributed by atoms with E-state index in [1.54, 1.807) is 32.0 Å². The highest BCUT2D eigenvalue weighted by Crippen LogP contribution is 2.27. The van der Waals surface area contributed by atoms with Crippen molar-refractivity contribution in [2.24, 2.45) is 0 Å². The van der Waals surface area contributed by atoms with Crippen molar-refractivity contribution >= 4 is 57.9 Å². The molecular weight excluding hydrogens is 530 g/mol. The van der Waals surface area contributed by atoms with Crippen LogP contribution < -0.4 is 10.1 Å². The van der Waals surface area contributed by atoms with Crippen LogP contribution in [0.25, 0.3) is 0 Å². The van der Waals surface area contributed by atoms with E-state index in [-0.39, 0.29) is 24.3 Å². The van der Waals surface area contributed by atoms with Crippen LogP contribution in [0.15, 0.2) is 30.3 Å². The standard InChI is InChI=1S/C23H29NO11S2/c1-5-17(25)31-13-33-21(29)36-12-16(19(27)35-15-10-8-7-9-11-15)24-20(28)23(3,4)37-22(30)34-14-32-18(26)6-2/h7-11,16H,5-6,12-14H2,1-4H3,(H,24,28)/t16-/m0/s1. The first-order valence-corrected chi connectivity index (χ1v) is 12.8. The Kier molecular flexibility index (Phi) is 14.1. The minimum absolute atomic E-state index is 0.106. The summed E-state index contributed by atoms with van der Waals surface area (Å²) in [4.78, 5) is 72.0. The van der Waals surface area contributed by atoms with Gasteiger partial charge in [-0.25, -0.2) is 14.4 Å². The first-order valence-electron chi connectivity index (χ1n) is 11.0. The Morgan fingerprint density at radius 1 is 0.838 bits per heavy atom. The fourth-order valence-corrected chi connectivity index (χ4v) is 3.47. The molecule has 12 nitrogen and oxygen atoms in total. The lowest BCUT2D eigenvalue weighted by molar-refractivity contribution is -0.152. The molecule has 14 heteroatoms. The van der Waals surface area contributed by atoms with E-state index in [0.29, 0.717) is 23.5 Å². The number of rotatable bonds is 13. The molecule has 0 spiro atoms. The molecule has 0 aliphatic carbocycles. The number of ether oxygens (including phenoxy) is 5. The number of benzene rings is 1. The molecular formula is C23H29NO11S2. The summed E-state index contributed by atoms with van der Waals surface area (Å²) in [5, 5.41) is 0.729. The van der Waals surface area contributed by atoms with Gasteiger partial charge < -0.3 is 29.0 Å². The average molecular weight is 560 g/mol. The summed E-state index contributed by atoms with van der Waals surface area (Å²) in [6.45, 7) is 4.78. The van der Waals surface area contributed by atoms with Crippen molar-refractivity contribution < 1.29 is 52.5 Å². The zero-order valence-electron chi connectivity index (χ0n) is 20.8. The predicted octanol–water partition coefficient (Wildman–Crippen LogP) is 3.42. The van der Waals surface area contributed by atoms with Crippen molar-refractivity contribution in [2.45, 2.75) is 51.3 Å². The van der Waals surface area contributed by atoms with Crippen LogP contribution in [0.4, 0.5) is 9.59 Å². The smallest absolute Gasteiger partial charge is 0.371 e. The zero-order valence-corrected chi connectivity index (χ0v) is 22.4. The van der Waals surface area contributed by atoms with Crippen molar-refractivity contribution in [3.05, 3.63) is 30.3 Å². The summed E-state index contributed by atoms with van der Waals surface area (Å²) in [7, 11) is 0. The van der Waals surface area contributed by atoms with Gasteiger partial charge in [-0.05, 0) is 49.5 Å². The van der Waals surface area contributed by atoms with E-state index >= 15 is 0 Å². The lowest BCUT2D eigenvalue weighted by Gasteiger charge is -2.25. The molecule has 0 aromatic heterocycles. The van der Waals surface area contributed by atoms with E-state index < -0.39 is 58.8 Å². The van der Waals surface area contributed by atoms with Gasteiger partial charge in [-0.2, -0.15) is 0 Å². The minimum atomic E-state index is -1.42. The van der Waals surface area contributed by atoms with Crippen LogP contribution in [0.5, 0.6) is 5.75 Å².